The predicted octanol–water partition coefficient (Wildman–Crippen LogP) is 10.8. The van der Waals surface area contributed by atoms with E-state index in [1.807, 2.05) is 0 Å². The molecule has 0 aromatic heterocycles. The molecule has 0 nitrogen and oxygen atoms in total. The van der Waals surface area contributed by atoms with E-state index >= 15 is 0 Å². The quantitative estimate of drug-likeness (QED) is 0.168. The minimum atomic E-state index is 0. The van der Waals surface area contributed by atoms with Gasteiger partial charge in [-0.25, -0.2) is 44.6 Å². The average molecular weight is 919 g/mol. The molecule has 0 unspecified atom stereocenters. The molecule has 0 N–H and O–H groups in total. The molecule has 0 aromatic rings. The third kappa shape index (κ3) is 28.2. The van der Waals surface area contributed by atoms with Crippen molar-refractivity contribution in [2.75, 3.05) is 0 Å². The molecule has 0 atom stereocenters. The summed E-state index contributed by atoms with van der Waals surface area (Å²) in [4.78, 5) is 0. The number of hydrogen-bond acceptors (Lipinski definition) is 0. The first kappa shape index (κ1) is 45.7. The third-order valence-electron chi connectivity index (χ3n) is 5.47. The number of halogens is 2. The van der Waals surface area contributed by atoms with E-state index in [2.05, 4.69) is 130 Å². The van der Waals surface area contributed by atoms with Crippen LogP contribution in [0.1, 0.15) is 81.1 Å². The summed E-state index contributed by atoms with van der Waals surface area (Å²) in [6, 6.07) is 0. The van der Waals surface area contributed by atoms with Crippen LogP contribution < -0.4 is 0 Å². The van der Waals surface area contributed by atoms with Gasteiger partial charge in [0.05, 0.1) is 0 Å². The van der Waals surface area contributed by atoms with E-state index in [0.29, 0.717) is 0 Å². The minimum absolute atomic E-state index is 0. The first-order chi connectivity index (χ1) is 16.7. The summed E-state index contributed by atoms with van der Waals surface area (Å²) < 4.78 is 0. The average Bonchev–Trinajstić information content (AvgIpc) is 3.53. The van der Waals surface area contributed by atoms with E-state index < -0.39 is 0 Å². The van der Waals surface area contributed by atoms with Gasteiger partial charge in [0, 0.05) is 0 Å². The molecule has 6 heteroatoms. The Labute approximate surface area is 279 Å². The van der Waals surface area contributed by atoms with Crippen molar-refractivity contribution in [1.29, 1.82) is 0 Å². The molecule has 0 radical (unpaired) electrons. The second-order valence-corrected chi connectivity index (χ2v) is 35.1. The molecule has 4 rings (SSSR count). The monoisotopic (exact) mass is 920 g/mol. The van der Waals surface area contributed by atoms with Crippen molar-refractivity contribution >= 4 is 35.8 Å². The van der Waals surface area contributed by atoms with Gasteiger partial charge in [-0.1, -0.05) is 27.7 Å². The first-order valence-electron chi connectivity index (χ1n) is 12.7. The Balaban J connectivity index is -0.000000184. The van der Waals surface area contributed by atoms with Gasteiger partial charge < -0.3 is 0 Å². The van der Waals surface area contributed by atoms with Crippen molar-refractivity contribution in [3.8, 4) is 0 Å². The largest absolute Gasteiger partial charge is 0.147 e. The van der Waals surface area contributed by atoms with Crippen molar-refractivity contribution in [2.45, 2.75) is 107 Å². The van der Waals surface area contributed by atoms with Crippen LogP contribution in [0.3, 0.4) is 0 Å². The topological polar surface area (TPSA) is 0 Å². The fraction of sp³-hybridized carbons (Fsp3) is 0.500. The van der Waals surface area contributed by atoms with E-state index in [9.17, 15) is 0 Å². The van der Waals surface area contributed by atoms with Gasteiger partial charge in [0.1, 0.15) is 0 Å². The Kier molecular flexibility index (Phi) is 33.4. The maximum atomic E-state index is 3.19. The Hall–Kier alpha value is 0.674. The van der Waals surface area contributed by atoms with Gasteiger partial charge in [0.15, 0.2) is 0 Å². The summed E-state index contributed by atoms with van der Waals surface area (Å²) in [5.74, 6) is 0. The summed E-state index contributed by atoms with van der Waals surface area (Å²) >= 11 is 2.90. The molecule has 0 amide bonds. The number of hydrogen-bond donors (Lipinski definition) is 0. The summed E-state index contributed by atoms with van der Waals surface area (Å²) in [5, 5.41) is 0. The van der Waals surface area contributed by atoms with Crippen LogP contribution in [0.4, 0.5) is 0 Å². The van der Waals surface area contributed by atoms with Crippen LogP contribution >= 0.6 is 24.8 Å². The van der Waals surface area contributed by atoms with Gasteiger partial charge in [-0.2, -0.15) is 24.3 Å². The van der Waals surface area contributed by atoms with Gasteiger partial charge in [-0.3, -0.25) is 24.3 Å². The van der Waals surface area contributed by atoms with Crippen LogP contribution in [0.2, 0.25) is 26.2 Å². The molecule has 0 saturated carbocycles. The molecule has 0 spiro atoms. The fourth-order valence-corrected chi connectivity index (χ4v) is 2.60. The maximum Gasteiger partial charge on any atom is -0.147 e. The van der Waals surface area contributed by atoms with Crippen LogP contribution in [-0.4, -0.2) is 11.0 Å². The van der Waals surface area contributed by atoms with E-state index in [1.165, 1.54) is 90.6 Å². The van der Waals surface area contributed by atoms with Crippen molar-refractivity contribution < 1.29 is 46.0 Å². The molecule has 0 bridgehead atoms. The zero-order valence-corrected chi connectivity index (χ0v) is 36.8. The molecule has 0 aliphatic heterocycles. The van der Waals surface area contributed by atoms with E-state index in [1.54, 1.807) is 0 Å². The molecular weight excluding hydrogens is 868 g/mol. The zero-order valence-electron chi connectivity index (χ0n) is 26.0. The van der Waals surface area contributed by atoms with Crippen LogP contribution in [-0.2, 0) is 46.0 Å². The molecule has 4 aliphatic carbocycles. The summed E-state index contributed by atoms with van der Waals surface area (Å²) in [6.45, 7) is 26.2. The molecule has 0 fully saturated rings. The first-order valence-corrected chi connectivity index (χ1v) is 28.5. The van der Waals surface area contributed by atoms with Gasteiger partial charge in [0.2, 0.25) is 0 Å². The van der Waals surface area contributed by atoms with Crippen LogP contribution in [0.25, 0.3) is 0 Å². The van der Waals surface area contributed by atoms with Gasteiger partial charge in [-0.05, 0) is 0 Å². The smallest absolute Gasteiger partial charge is 0.147 e. The molecule has 4 aliphatic rings. The van der Waals surface area contributed by atoms with Crippen molar-refractivity contribution in [1.82, 2.24) is 0 Å². The molecule has 0 heterocycles. The third-order valence-corrected chi connectivity index (χ3v) is 5.47. The van der Waals surface area contributed by atoms with Crippen LogP contribution in [0, 0.1) is 24.3 Å². The predicted molar refractivity (Wildman–Crippen MR) is 173 cm³/mol. The molecule has 0 saturated heterocycles. The normalized spacial score (nSPS) is 15.6. The van der Waals surface area contributed by atoms with Gasteiger partial charge in [0.25, 0.3) is 0 Å². The Morgan fingerprint density at radius 1 is 0.447 bits per heavy atom. The van der Waals surface area contributed by atoms with E-state index in [-0.39, 0.29) is 35.8 Å². The van der Waals surface area contributed by atoms with Crippen molar-refractivity contribution in [3.63, 3.8) is 0 Å². The standard InChI is InChI=1S/4C7H9.2C2H6Si.2ClH.2Hf/c4*1-6-4-3-5-7(6)2;2*1-3-2;;;;/h4*4H,3H2,1-2H3;2*1-2H3;2*1H;;/q4*-1;;;;;2*+2. The number of rotatable bonds is 0. The van der Waals surface area contributed by atoms with Crippen molar-refractivity contribution in [3.05, 3.63) is 93.2 Å². The fourth-order valence-electron chi connectivity index (χ4n) is 2.60. The van der Waals surface area contributed by atoms with E-state index in [4.69, 9.17) is 0 Å². The summed E-state index contributed by atoms with van der Waals surface area (Å²) in [6.07, 6.45) is 25.6. The molecule has 38 heavy (non-hydrogen) atoms. The maximum absolute atomic E-state index is 3.19. The molecule has 208 valence electrons. The van der Waals surface area contributed by atoms with E-state index in [0.717, 1.165) is 25.7 Å². The SMILES string of the molecule is CC1=[C-]CC=C1C.CC1=[C-]CC=C1C.CC1=[C-]CC=C1C.CC1=[C-]CC=C1C.C[Si](C)=[Hf+2].C[Si](C)=[Hf+2].Cl.Cl. The molecule has 0 aromatic carbocycles. The van der Waals surface area contributed by atoms with Gasteiger partial charge >= 0.3 is 83.2 Å². The number of allylic oxidation sites excluding steroid dienone is 16. The summed E-state index contributed by atoms with van der Waals surface area (Å²) in [7, 11) is 0. The van der Waals surface area contributed by atoms with Gasteiger partial charge in [-0.15, -0.1) is 78.2 Å². The van der Waals surface area contributed by atoms with Crippen LogP contribution in [0.15, 0.2) is 68.9 Å². The Bertz CT molecular complexity index is 769. The minimum Gasteiger partial charge on any atom is -0.147 e. The zero-order chi connectivity index (χ0) is 28.3. The second-order valence-electron chi connectivity index (χ2n) is 9.57. The summed E-state index contributed by atoms with van der Waals surface area (Å²) in [5.41, 5.74) is 11.4. The molecular formula is C32H50Cl2Hf2Si2. The van der Waals surface area contributed by atoms with Crippen molar-refractivity contribution in [2.24, 2.45) is 0 Å². The Morgan fingerprint density at radius 3 is 0.605 bits per heavy atom. The Morgan fingerprint density at radius 2 is 0.579 bits per heavy atom. The second kappa shape index (κ2) is 27.8. The van der Waals surface area contributed by atoms with Crippen LogP contribution in [0.5, 0.6) is 0 Å².